The van der Waals surface area contributed by atoms with Crippen LogP contribution in [-0.4, -0.2) is 19.6 Å². The summed E-state index contributed by atoms with van der Waals surface area (Å²) in [4.78, 5) is 2.23. The number of nitrogens with zero attached hydrogens (tertiary/aromatic N) is 1. The maximum Gasteiger partial charge on any atom is 0.0791 e. The summed E-state index contributed by atoms with van der Waals surface area (Å²) in [6.07, 6.45) is 6.60. The van der Waals surface area contributed by atoms with Gasteiger partial charge in [0.05, 0.1) is 6.54 Å². The molecule has 0 saturated carbocycles. The van der Waals surface area contributed by atoms with Gasteiger partial charge in [0.25, 0.3) is 0 Å². The largest absolute Gasteiger partial charge is 0.360 e. The second-order valence-electron chi connectivity index (χ2n) is 4.60. The molecule has 0 fully saturated rings. The molecule has 2 nitrogen and oxygen atoms in total. The number of hydrogen-bond donors (Lipinski definition) is 1. The van der Waals surface area contributed by atoms with Gasteiger partial charge >= 0.3 is 0 Å². The number of rotatable bonds is 7. The quantitative estimate of drug-likeness (QED) is 0.764. The lowest BCUT2D eigenvalue weighted by Crippen LogP contribution is -2.27. The Morgan fingerprint density at radius 1 is 1.42 bits per heavy atom. The normalized spacial score (nSPS) is 11.9. The Bertz CT molecular complexity index is 437. The van der Waals surface area contributed by atoms with E-state index in [4.69, 9.17) is 6.42 Å². The minimum Gasteiger partial charge on any atom is -0.360 e. The summed E-state index contributed by atoms with van der Waals surface area (Å²) in [5, 5.41) is 3.54. The van der Waals surface area contributed by atoms with Crippen molar-refractivity contribution < 1.29 is 0 Å². The van der Waals surface area contributed by atoms with Gasteiger partial charge < -0.3 is 10.2 Å². The van der Waals surface area contributed by atoms with Crippen molar-refractivity contribution in [1.82, 2.24) is 5.32 Å². The molecule has 0 radical (unpaired) electrons. The number of nitrogens with one attached hydrogen (secondary N) is 1. The van der Waals surface area contributed by atoms with E-state index in [1.807, 2.05) is 0 Å². The van der Waals surface area contributed by atoms with E-state index in [1.54, 1.807) is 0 Å². The Balaban J connectivity index is 3.06. The van der Waals surface area contributed by atoms with E-state index in [0.717, 1.165) is 24.0 Å². The molecule has 0 aromatic heterocycles. The molecule has 0 aliphatic rings. The van der Waals surface area contributed by atoms with Gasteiger partial charge in [0.1, 0.15) is 0 Å². The van der Waals surface area contributed by atoms with Crippen molar-refractivity contribution >= 4 is 21.6 Å². The van der Waals surface area contributed by atoms with Crippen molar-refractivity contribution in [3.63, 3.8) is 0 Å². The first-order chi connectivity index (χ1) is 9.13. The molecule has 0 bridgehead atoms. The molecule has 1 aromatic rings. The van der Waals surface area contributed by atoms with Gasteiger partial charge in [-0.05, 0) is 50.6 Å². The maximum atomic E-state index is 5.46. The van der Waals surface area contributed by atoms with Gasteiger partial charge in [-0.15, -0.1) is 6.42 Å². The van der Waals surface area contributed by atoms with Gasteiger partial charge in [0, 0.05) is 22.7 Å². The SMILES string of the molecule is C#CCN(CC)c1ccc(Br)cc1C(C)NCCC. The molecular weight excluding hydrogens is 300 g/mol. The zero-order valence-electron chi connectivity index (χ0n) is 12.0. The summed E-state index contributed by atoms with van der Waals surface area (Å²) in [5.41, 5.74) is 2.51. The fourth-order valence-corrected chi connectivity index (χ4v) is 2.49. The molecule has 104 valence electrons. The predicted octanol–water partition coefficient (Wildman–Crippen LogP) is 3.97. The van der Waals surface area contributed by atoms with E-state index < -0.39 is 0 Å². The van der Waals surface area contributed by atoms with E-state index in [0.29, 0.717) is 12.6 Å². The summed E-state index contributed by atoms with van der Waals surface area (Å²) in [6.45, 7) is 9.09. The number of halogens is 1. The van der Waals surface area contributed by atoms with Crippen LogP contribution in [0.1, 0.15) is 38.8 Å². The van der Waals surface area contributed by atoms with Crippen LogP contribution in [0.2, 0.25) is 0 Å². The molecular formula is C16H23BrN2. The van der Waals surface area contributed by atoms with E-state index in [2.05, 4.69) is 71.0 Å². The molecule has 19 heavy (non-hydrogen) atoms. The highest BCUT2D eigenvalue weighted by molar-refractivity contribution is 9.10. The molecule has 1 N–H and O–H groups in total. The van der Waals surface area contributed by atoms with Crippen molar-refractivity contribution in [3.8, 4) is 12.3 Å². The second kappa shape index (κ2) is 8.24. The first-order valence-electron chi connectivity index (χ1n) is 6.85. The topological polar surface area (TPSA) is 15.3 Å². The summed E-state index contributed by atoms with van der Waals surface area (Å²) >= 11 is 3.56. The van der Waals surface area contributed by atoms with Crippen LogP contribution in [0, 0.1) is 12.3 Å². The second-order valence-corrected chi connectivity index (χ2v) is 5.51. The standard InChI is InChI=1S/C16H23BrN2/c1-5-10-18-13(4)15-12-14(17)8-9-16(15)19(7-3)11-6-2/h2,8-9,12-13,18H,5,7,10-11H2,1,3-4H3. The molecule has 0 saturated heterocycles. The molecule has 1 aromatic carbocycles. The third kappa shape index (κ3) is 4.56. The lowest BCUT2D eigenvalue weighted by Gasteiger charge is -2.26. The molecule has 3 heteroatoms. The smallest absolute Gasteiger partial charge is 0.0791 e. The van der Waals surface area contributed by atoms with Crippen molar-refractivity contribution in [2.24, 2.45) is 0 Å². The lowest BCUT2D eigenvalue weighted by molar-refractivity contribution is 0.569. The van der Waals surface area contributed by atoms with Crippen LogP contribution in [0.25, 0.3) is 0 Å². The highest BCUT2D eigenvalue weighted by Gasteiger charge is 2.14. The van der Waals surface area contributed by atoms with Gasteiger partial charge in [0.2, 0.25) is 0 Å². The number of anilines is 1. The molecule has 0 aliphatic carbocycles. The van der Waals surface area contributed by atoms with Crippen LogP contribution in [0.4, 0.5) is 5.69 Å². The zero-order valence-corrected chi connectivity index (χ0v) is 13.6. The van der Waals surface area contributed by atoms with Crippen molar-refractivity contribution in [2.45, 2.75) is 33.2 Å². The van der Waals surface area contributed by atoms with E-state index in [9.17, 15) is 0 Å². The monoisotopic (exact) mass is 322 g/mol. The molecule has 0 aliphatic heterocycles. The Hall–Kier alpha value is -0.980. The third-order valence-electron chi connectivity index (χ3n) is 3.16. The molecule has 0 heterocycles. The highest BCUT2D eigenvalue weighted by Crippen LogP contribution is 2.29. The van der Waals surface area contributed by atoms with Crippen LogP contribution in [0.5, 0.6) is 0 Å². The first kappa shape index (κ1) is 16.1. The fraction of sp³-hybridized carbons (Fsp3) is 0.500. The molecule has 0 spiro atoms. The van der Waals surface area contributed by atoms with Gasteiger partial charge in [-0.25, -0.2) is 0 Å². The lowest BCUT2D eigenvalue weighted by atomic mass is 10.0. The minimum atomic E-state index is 0.319. The van der Waals surface area contributed by atoms with Crippen LogP contribution in [0.3, 0.4) is 0 Å². The third-order valence-corrected chi connectivity index (χ3v) is 3.65. The summed E-state index contributed by atoms with van der Waals surface area (Å²) < 4.78 is 1.10. The highest BCUT2D eigenvalue weighted by atomic mass is 79.9. The molecule has 1 unspecified atom stereocenters. The average molecular weight is 323 g/mol. The summed E-state index contributed by atoms with van der Waals surface area (Å²) in [5.74, 6) is 2.73. The van der Waals surface area contributed by atoms with Gasteiger partial charge in [-0.3, -0.25) is 0 Å². The molecule has 0 amide bonds. The van der Waals surface area contributed by atoms with E-state index in [-0.39, 0.29) is 0 Å². The van der Waals surface area contributed by atoms with Crippen LogP contribution < -0.4 is 10.2 Å². The molecule has 1 atom stereocenters. The zero-order chi connectivity index (χ0) is 14.3. The van der Waals surface area contributed by atoms with E-state index in [1.165, 1.54) is 11.3 Å². The predicted molar refractivity (Wildman–Crippen MR) is 87.6 cm³/mol. The van der Waals surface area contributed by atoms with Gasteiger partial charge in [-0.1, -0.05) is 28.8 Å². The van der Waals surface area contributed by atoms with E-state index >= 15 is 0 Å². The van der Waals surface area contributed by atoms with Crippen molar-refractivity contribution in [3.05, 3.63) is 28.2 Å². The van der Waals surface area contributed by atoms with Crippen molar-refractivity contribution in [1.29, 1.82) is 0 Å². The number of terminal acetylenes is 1. The Morgan fingerprint density at radius 2 is 2.16 bits per heavy atom. The Morgan fingerprint density at radius 3 is 2.74 bits per heavy atom. The van der Waals surface area contributed by atoms with Gasteiger partial charge in [-0.2, -0.15) is 0 Å². The minimum absolute atomic E-state index is 0.319. The summed E-state index contributed by atoms with van der Waals surface area (Å²) in [6, 6.07) is 6.72. The number of benzene rings is 1. The van der Waals surface area contributed by atoms with Crippen LogP contribution >= 0.6 is 15.9 Å². The first-order valence-corrected chi connectivity index (χ1v) is 7.64. The van der Waals surface area contributed by atoms with Crippen molar-refractivity contribution in [2.75, 3.05) is 24.5 Å². The summed E-state index contributed by atoms with van der Waals surface area (Å²) in [7, 11) is 0. The van der Waals surface area contributed by atoms with Crippen LogP contribution in [0.15, 0.2) is 22.7 Å². The van der Waals surface area contributed by atoms with Crippen LogP contribution in [-0.2, 0) is 0 Å². The number of hydrogen-bond acceptors (Lipinski definition) is 2. The maximum absolute atomic E-state index is 5.46. The molecule has 1 rings (SSSR count). The fourth-order valence-electron chi connectivity index (χ4n) is 2.11. The Kier molecular flexibility index (Phi) is 6.97. The Labute approximate surface area is 125 Å². The van der Waals surface area contributed by atoms with Gasteiger partial charge in [0.15, 0.2) is 0 Å². The average Bonchev–Trinajstić information content (AvgIpc) is 2.42.